The summed E-state index contributed by atoms with van der Waals surface area (Å²) in [5.41, 5.74) is 0.763. The van der Waals surface area contributed by atoms with Gasteiger partial charge in [-0.1, -0.05) is 12.1 Å². The van der Waals surface area contributed by atoms with Crippen molar-refractivity contribution >= 4 is 5.91 Å². The van der Waals surface area contributed by atoms with Crippen molar-refractivity contribution in [3.63, 3.8) is 0 Å². The molecule has 1 amide bonds. The summed E-state index contributed by atoms with van der Waals surface area (Å²) in [4.78, 5) is 10.9. The lowest BCUT2D eigenvalue weighted by Gasteiger charge is -2.05. The molecule has 1 aromatic carbocycles. The molecule has 0 radical (unpaired) electrons. The molecule has 0 saturated heterocycles. The summed E-state index contributed by atoms with van der Waals surface area (Å²) in [5, 5.41) is 11.3. The molecule has 4 heteroatoms. The fraction of sp³-hybridized carbons (Fsp3) is 0.300. The molecule has 0 bridgehead atoms. The zero-order chi connectivity index (χ0) is 10.4. The highest BCUT2D eigenvalue weighted by atomic mass is 16.5. The van der Waals surface area contributed by atoms with Crippen LogP contribution in [0.15, 0.2) is 24.3 Å². The molecule has 2 N–H and O–H groups in total. The summed E-state index contributed by atoms with van der Waals surface area (Å²) >= 11 is 0. The fourth-order valence-corrected chi connectivity index (χ4v) is 0.955. The normalized spacial score (nSPS) is 9.57. The van der Waals surface area contributed by atoms with E-state index in [0.717, 1.165) is 5.56 Å². The predicted molar refractivity (Wildman–Crippen MR) is 51.9 cm³/mol. The minimum Gasteiger partial charge on any atom is -0.484 e. The van der Waals surface area contributed by atoms with Crippen LogP contribution in [0.2, 0.25) is 0 Å². The number of likely N-dealkylation sites (N-methyl/N-ethyl adjacent to an activating group) is 1. The number of carbonyl (C=O) groups excluding carboxylic acids is 1. The molecule has 0 saturated carbocycles. The number of benzene rings is 1. The standard InChI is InChI=1S/C10H13NO3/c1-11-10(13)7-14-9-4-2-3-8(5-9)6-12/h2-5,12H,6-7H2,1H3,(H,11,13). The SMILES string of the molecule is CNC(=O)COc1cccc(CO)c1. The third-order valence-electron chi connectivity index (χ3n) is 1.73. The Hall–Kier alpha value is -1.55. The average molecular weight is 195 g/mol. The van der Waals surface area contributed by atoms with E-state index in [1.165, 1.54) is 0 Å². The van der Waals surface area contributed by atoms with Crippen molar-refractivity contribution in [3.8, 4) is 5.75 Å². The number of aliphatic hydroxyl groups excluding tert-OH is 1. The van der Waals surface area contributed by atoms with E-state index in [-0.39, 0.29) is 19.1 Å². The number of hydrogen-bond donors (Lipinski definition) is 2. The maximum atomic E-state index is 10.9. The highest BCUT2D eigenvalue weighted by Crippen LogP contribution is 2.12. The summed E-state index contributed by atoms with van der Waals surface area (Å²) in [7, 11) is 1.55. The van der Waals surface area contributed by atoms with E-state index >= 15 is 0 Å². The van der Waals surface area contributed by atoms with E-state index in [9.17, 15) is 4.79 Å². The van der Waals surface area contributed by atoms with E-state index in [1.54, 1.807) is 31.3 Å². The van der Waals surface area contributed by atoms with Crippen LogP contribution in [0.5, 0.6) is 5.75 Å². The molecule has 0 aliphatic rings. The second-order valence-electron chi connectivity index (χ2n) is 2.77. The minimum atomic E-state index is -0.181. The Morgan fingerprint density at radius 3 is 3.00 bits per heavy atom. The molecule has 0 aliphatic heterocycles. The molecule has 0 aromatic heterocycles. The van der Waals surface area contributed by atoms with Crippen molar-refractivity contribution < 1.29 is 14.6 Å². The van der Waals surface area contributed by atoms with E-state index in [2.05, 4.69) is 5.32 Å². The third kappa shape index (κ3) is 3.06. The second-order valence-corrected chi connectivity index (χ2v) is 2.77. The van der Waals surface area contributed by atoms with Crippen molar-refractivity contribution in [2.45, 2.75) is 6.61 Å². The monoisotopic (exact) mass is 195 g/mol. The Balaban J connectivity index is 2.54. The lowest BCUT2D eigenvalue weighted by atomic mass is 10.2. The van der Waals surface area contributed by atoms with Crippen molar-refractivity contribution in [1.82, 2.24) is 5.32 Å². The fourth-order valence-electron chi connectivity index (χ4n) is 0.955. The lowest BCUT2D eigenvalue weighted by molar-refractivity contribution is -0.122. The van der Waals surface area contributed by atoms with Gasteiger partial charge in [0.05, 0.1) is 6.61 Å². The summed E-state index contributed by atoms with van der Waals surface area (Å²) in [5.74, 6) is 0.402. The Kier molecular flexibility index (Phi) is 3.94. The van der Waals surface area contributed by atoms with Gasteiger partial charge in [0.2, 0.25) is 0 Å². The zero-order valence-corrected chi connectivity index (χ0v) is 7.99. The molecule has 0 aliphatic carbocycles. The van der Waals surface area contributed by atoms with Gasteiger partial charge in [-0.05, 0) is 17.7 Å². The van der Waals surface area contributed by atoms with Crippen molar-refractivity contribution in [2.75, 3.05) is 13.7 Å². The van der Waals surface area contributed by atoms with Crippen LogP contribution < -0.4 is 10.1 Å². The van der Waals surface area contributed by atoms with Crippen LogP contribution in [0.4, 0.5) is 0 Å². The van der Waals surface area contributed by atoms with E-state index in [0.29, 0.717) is 5.75 Å². The average Bonchev–Trinajstić information content (AvgIpc) is 2.26. The molecule has 76 valence electrons. The maximum Gasteiger partial charge on any atom is 0.257 e. The van der Waals surface area contributed by atoms with Gasteiger partial charge in [0, 0.05) is 7.05 Å². The van der Waals surface area contributed by atoms with Gasteiger partial charge in [-0.15, -0.1) is 0 Å². The van der Waals surface area contributed by atoms with Crippen LogP contribution >= 0.6 is 0 Å². The van der Waals surface area contributed by atoms with Crippen LogP contribution in [-0.2, 0) is 11.4 Å². The van der Waals surface area contributed by atoms with E-state index in [1.807, 2.05) is 0 Å². The topological polar surface area (TPSA) is 58.6 Å². The molecule has 1 rings (SSSR count). The van der Waals surface area contributed by atoms with Gasteiger partial charge in [-0.25, -0.2) is 0 Å². The van der Waals surface area contributed by atoms with Gasteiger partial charge >= 0.3 is 0 Å². The lowest BCUT2D eigenvalue weighted by Crippen LogP contribution is -2.24. The van der Waals surface area contributed by atoms with E-state index < -0.39 is 0 Å². The van der Waals surface area contributed by atoms with Crippen LogP contribution in [0.3, 0.4) is 0 Å². The van der Waals surface area contributed by atoms with Crippen molar-refractivity contribution in [2.24, 2.45) is 0 Å². The smallest absolute Gasteiger partial charge is 0.257 e. The Morgan fingerprint density at radius 2 is 2.36 bits per heavy atom. The first-order valence-corrected chi connectivity index (χ1v) is 4.29. The van der Waals surface area contributed by atoms with Crippen LogP contribution in [-0.4, -0.2) is 24.7 Å². The minimum absolute atomic E-state index is 0.00855. The maximum absolute atomic E-state index is 10.9. The van der Waals surface area contributed by atoms with Crippen LogP contribution in [0, 0.1) is 0 Å². The number of ether oxygens (including phenoxy) is 1. The second kappa shape index (κ2) is 5.24. The van der Waals surface area contributed by atoms with Gasteiger partial charge in [0.1, 0.15) is 5.75 Å². The van der Waals surface area contributed by atoms with Gasteiger partial charge < -0.3 is 15.2 Å². The number of aliphatic hydroxyl groups is 1. The molecule has 0 heterocycles. The Bertz CT molecular complexity index is 312. The number of rotatable bonds is 4. The first-order valence-electron chi connectivity index (χ1n) is 4.29. The number of carbonyl (C=O) groups is 1. The van der Waals surface area contributed by atoms with Gasteiger partial charge in [-0.2, -0.15) is 0 Å². The first kappa shape index (κ1) is 10.5. The summed E-state index contributed by atoms with van der Waals surface area (Å²) in [6.45, 7) is -0.0391. The molecule has 4 nitrogen and oxygen atoms in total. The highest BCUT2D eigenvalue weighted by Gasteiger charge is 1.99. The summed E-state index contributed by atoms with van der Waals surface area (Å²) < 4.78 is 5.18. The number of nitrogens with one attached hydrogen (secondary N) is 1. The van der Waals surface area contributed by atoms with Crippen LogP contribution in [0.25, 0.3) is 0 Å². The zero-order valence-electron chi connectivity index (χ0n) is 7.99. The predicted octanol–water partition coefficient (Wildman–Crippen LogP) is 0.304. The molecular formula is C10H13NO3. The first-order chi connectivity index (χ1) is 6.76. The summed E-state index contributed by atoms with van der Waals surface area (Å²) in [6, 6.07) is 6.99. The molecule has 0 spiro atoms. The molecule has 0 fully saturated rings. The largest absolute Gasteiger partial charge is 0.484 e. The molecule has 0 unspecified atom stereocenters. The third-order valence-corrected chi connectivity index (χ3v) is 1.73. The number of hydrogen-bond acceptors (Lipinski definition) is 3. The van der Waals surface area contributed by atoms with Crippen LogP contribution in [0.1, 0.15) is 5.56 Å². The van der Waals surface area contributed by atoms with Crippen molar-refractivity contribution in [1.29, 1.82) is 0 Å². The van der Waals surface area contributed by atoms with E-state index in [4.69, 9.17) is 9.84 Å². The quantitative estimate of drug-likeness (QED) is 0.726. The molecule has 1 aromatic rings. The Labute approximate surface area is 82.5 Å². The molecular weight excluding hydrogens is 182 g/mol. The number of amides is 1. The highest BCUT2D eigenvalue weighted by molar-refractivity contribution is 5.77. The van der Waals surface area contributed by atoms with Gasteiger partial charge in [-0.3, -0.25) is 4.79 Å². The molecule has 14 heavy (non-hydrogen) atoms. The molecule has 0 atom stereocenters. The Morgan fingerprint density at radius 1 is 1.57 bits per heavy atom. The summed E-state index contributed by atoms with van der Waals surface area (Å²) in [6.07, 6.45) is 0. The van der Waals surface area contributed by atoms with Gasteiger partial charge in [0.25, 0.3) is 5.91 Å². The van der Waals surface area contributed by atoms with Gasteiger partial charge in [0.15, 0.2) is 6.61 Å². The van der Waals surface area contributed by atoms with Crippen molar-refractivity contribution in [3.05, 3.63) is 29.8 Å².